The van der Waals surface area contributed by atoms with Crippen LogP contribution in [0.1, 0.15) is 24.2 Å². The Bertz CT molecular complexity index is 453. The average Bonchev–Trinajstić information content (AvgIpc) is 2.34. The lowest BCUT2D eigenvalue weighted by Crippen LogP contribution is -2.38. The molecule has 0 spiro atoms. The van der Waals surface area contributed by atoms with Crippen LogP contribution >= 0.6 is 28.1 Å². The molecule has 0 radical (unpaired) electrons. The first-order valence-corrected chi connectivity index (χ1v) is 6.85. The number of nitrogens with two attached hydrogens (primary N) is 1. The second-order valence-corrected chi connectivity index (χ2v) is 5.43. The van der Waals surface area contributed by atoms with Crippen LogP contribution in [0.2, 0.25) is 0 Å². The number of halogens is 1. The zero-order valence-corrected chi connectivity index (χ0v) is 12.8. The molecule has 0 aliphatic carbocycles. The summed E-state index contributed by atoms with van der Waals surface area (Å²) in [6, 6.07) is 1.75. The molecule has 0 aromatic carbocycles. The molecule has 98 valence electrons. The van der Waals surface area contributed by atoms with Gasteiger partial charge in [-0.1, -0.05) is 19.1 Å². The van der Waals surface area contributed by atoms with Crippen LogP contribution < -0.4 is 5.73 Å². The number of pyridine rings is 1. The van der Waals surface area contributed by atoms with Crippen LogP contribution in [-0.4, -0.2) is 33.9 Å². The minimum Gasteiger partial charge on any atom is -0.393 e. The fourth-order valence-electron chi connectivity index (χ4n) is 1.49. The van der Waals surface area contributed by atoms with Crippen molar-refractivity contribution in [1.82, 2.24) is 9.88 Å². The molecule has 0 aliphatic rings. The summed E-state index contributed by atoms with van der Waals surface area (Å²) in [4.78, 5) is 18.4. The third-order valence-electron chi connectivity index (χ3n) is 2.60. The van der Waals surface area contributed by atoms with E-state index in [-0.39, 0.29) is 11.8 Å². The molecule has 18 heavy (non-hydrogen) atoms. The molecule has 1 amide bonds. The monoisotopic (exact) mass is 329 g/mol. The van der Waals surface area contributed by atoms with Crippen molar-refractivity contribution >= 4 is 39.0 Å². The number of carbonyl (C=O) groups is 1. The van der Waals surface area contributed by atoms with Crippen LogP contribution in [0.15, 0.2) is 22.9 Å². The first-order valence-electron chi connectivity index (χ1n) is 5.64. The summed E-state index contributed by atoms with van der Waals surface area (Å²) >= 11 is 8.23. The van der Waals surface area contributed by atoms with E-state index in [1.54, 1.807) is 23.4 Å². The Morgan fingerprint density at radius 2 is 2.28 bits per heavy atom. The highest BCUT2D eigenvalue weighted by molar-refractivity contribution is 9.10. The van der Waals surface area contributed by atoms with E-state index in [0.717, 1.165) is 4.47 Å². The number of aromatic nitrogens is 1. The van der Waals surface area contributed by atoms with E-state index >= 15 is 0 Å². The maximum atomic E-state index is 12.3. The molecule has 0 bridgehead atoms. The lowest BCUT2D eigenvalue weighted by molar-refractivity contribution is 0.0754. The van der Waals surface area contributed by atoms with Gasteiger partial charge in [-0.15, -0.1) is 0 Å². The number of nitrogens with zero attached hydrogens (tertiary/aromatic N) is 2. The molecule has 1 rings (SSSR count). The van der Waals surface area contributed by atoms with E-state index in [9.17, 15) is 4.79 Å². The smallest absolute Gasteiger partial charge is 0.255 e. The number of hydrogen-bond donors (Lipinski definition) is 1. The van der Waals surface area contributed by atoms with Crippen molar-refractivity contribution in [2.45, 2.75) is 13.8 Å². The Labute approximate surface area is 121 Å². The summed E-state index contributed by atoms with van der Waals surface area (Å²) < 4.78 is 0.784. The molecule has 1 aromatic heterocycles. The topological polar surface area (TPSA) is 59.2 Å². The molecule has 1 aromatic rings. The number of hydrogen-bond acceptors (Lipinski definition) is 3. The SMILES string of the molecule is CCN(CC(C)C(N)=S)C(=O)c1cncc(Br)c1. The molecule has 0 saturated carbocycles. The molecule has 0 fully saturated rings. The van der Waals surface area contributed by atoms with Gasteiger partial charge < -0.3 is 10.6 Å². The van der Waals surface area contributed by atoms with Gasteiger partial charge in [-0.25, -0.2) is 0 Å². The molecule has 6 heteroatoms. The fourth-order valence-corrected chi connectivity index (χ4v) is 1.93. The maximum Gasteiger partial charge on any atom is 0.255 e. The number of thiocarbonyl (C=S) groups is 1. The normalized spacial score (nSPS) is 11.9. The Balaban J connectivity index is 2.82. The van der Waals surface area contributed by atoms with E-state index in [1.165, 1.54) is 0 Å². The van der Waals surface area contributed by atoms with E-state index in [4.69, 9.17) is 18.0 Å². The Morgan fingerprint density at radius 1 is 1.61 bits per heavy atom. The summed E-state index contributed by atoms with van der Waals surface area (Å²) in [5.41, 5.74) is 6.13. The average molecular weight is 330 g/mol. The summed E-state index contributed by atoms with van der Waals surface area (Å²) in [6.07, 6.45) is 3.20. The third kappa shape index (κ3) is 4.03. The molecule has 4 nitrogen and oxygen atoms in total. The van der Waals surface area contributed by atoms with E-state index in [0.29, 0.717) is 23.6 Å². The molecular weight excluding hydrogens is 314 g/mol. The van der Waals surface area contributed by atoms with Crippen LogP contribution in [-0.2, 0) is 0 Å². The van der Waals surface area contributed by atoms with Gasteiger partial charge in [-0.2, -0.15) is 0 Å². The quantitative estimate of drug-likeness (QED) is 0.841. The van der Waals surface area contributed by atoms with Gasteiger partial charge in [0.2, 0.25) is 0 Å². The largest absolute Gasteiger partial charge is 0.393 e. The second kappa shape index (κ2) is 6.80. The summed E-state index contributed by atoms with van der Waals surface area (Å²) in [5.74, 6) is -0.0570. The predicted molar refractivity (Wildman–Crippen MR) is 79.5 cm³/mol. The van der Waals surface area contributed by atoms with Gasteiger partial charge in [0, 0.05) is 35.9 Å². The lowest BCUT2D eigenvalue weighted by atomic mass is 10.1. The van der Waals surface area contributed by atoms with Gasteiger partial charge in [0.25, 0.3) is 5.91 Å². The van der Waals surface area contributed by atoms with Crippen LogP contribution in [0, 0.1) is 5.92 Å². The summed E-state index contributed by atoms with van der Waals surface area (Å²) in [5, 5.41) is 0. The summed E-state index contributed by atoms with van der Waals surface area (Å²) in [7, 11) is 0. The van der Waals surface area contributed by atoms with Crippen molar-refractivity contribution in [3.8, 4) is 0 Å². The van der Waals surface area contributed by atoms with Gasteiger partial charge in [-0.3, -0.25) is 9.78 Å². The van der Waals surface area contributed by atoms with Crippen LogP contribution in [0.25, 0.3) is 0 Å². The van der Waals surface area contributed by atoms with Crippen LogP contribution in [0.3, 0.4) is 0 Å². The number of carbonyl (C=O) groups excluding carboxylic acids is 1. The first-order chi connectivity index (χ1) is 8.45. The van der Waals surface area contributed by atoms with Crippen molar-refractivity contribution in [1.29, 1.82) is 0 Å². The van der Waals surface area contributed by atoms with E-state index in [1.807, 2.05) is 13.8 Å². The van der Waals surface area contributed by atoms with Crippen molar-refractivity contribution in [2.24, 2.45) is 11.7 Å². The molecule has 2 N–H and O–H groups in total. The minimum atomic E-state index is -0.0607. The highest BCUT2D eigenvalue weighted by Gasteiger charge is 2.18. The van der Waals surface area contributed by atoms with E-state index in [2.05, 4.69) is 20.9 Å². The predicted octanol–water partition coefficient (Wildman–Crippen LogP) is 2.23. The lowest BCUT2D eigenvalue weighted by Gasteiger charge is -2.24. The van der Waals surface area contributed by atoms with Gasteiger partial charge in [0.15, 0.2) is 0 Å². The van der Waals surface area contributed by atoms with Gasteiger partial charge in [0.1, 0.15) is 0 Å². The molecular formula is C12H16BrN3OS. The third-order valence-corrected chi connectivity index (χ3v) is 3.44. The molecule has 1 heterocycles. The highest BCUT2D eigenvalue weighted by atomic mass is 79.9. The molecule has 1 atom stereocenters. The Kier molecular flexibility index (Phi) is 5.68. The Hall–Kier alpha value is -1.01. The second-order valence-electron chi connectivity index (χ2n) is 4.04. The summed E-state index contributed by atoms with van der Waals surface area (Å²) in [6.45, 7) is 4.97. The van der Waals surface area contributed by atoms with E-state index < -0.39 is 0 Å². The standard InChI is InChI=1S/C12H16BrN3OS/c1-3-16(7-8(2)11(14)18)12(17)9-4-10(13)6-15-5-9/h4-6,8H,3,7H2,1-2H3,(H2,14,18). The van der Waals surface area contributed by atoms with Crippen molar-refractivity contribution in [3.63, 3.8) is 0 Å². The number of rotatable bonds is 5. The zero-order chi connectivity index (χ0) is 13.7. The highest BCUT2D eigenvalue weighted by Crippen LogP contribution is 2.12. The number of amides is 1. The van der Waals surface area contributed by atoms with Crippen molar-refractivity contribution in [2.75, 3.05) is 13.1 Å². The first kappa shape index (κ1) is 15.0. The molecule has 0 aliphatic heterocycles. The maximum absolute atomic E-state index is 12.3. The minimum absolute atomic E-state index is 0.00371. The van der Waals surface area contributed by atoms with Crippen LogP contribution in [0.4, 0.5) is 0 Å². The molecule has 0 saturated heterocycles. The Morgan fingerprint density at radius 3 is 2.78 bits per heavy atom. The molecule has 1 unspecified atom stereocenters. The fraction of sp³-hybridized carbons (Fsp3) is 0.417. The van der Waals surface area contributed by atoms with Crippen LogP contribution in [0.5, 0.6) is 0 Å². The van der Waals surface area contributed by atoms with Gasteiger partial charge >= 0.3 is 0 Å². The van der Waals surface area contributed by atoms with Crippen molar-refractivity contribution in [3.05, 3.63) is 28.5 Å². The van der Waals surface area contributed by atoms with Crippen molar-refractivity contribution < 1.29 is 4.79 Å². The van der Waals surface area contributed by atoms with Gasteiger partial charge in [-0.05, 0) is 28.9 Å². The van der Waals surface area contributed by atoms with Gasteiger partial charge in [0.05, 0.1) is 10.6 Å². The zero-order valence-electron chi connectivity index (χ0n) is 10.4.